The molecule has 5 heteroatoms. The number of carbonyl (C=O) groups excluding carboxylic acids is 1. The van der Waals surface area contributed by atoms with E-state index in [9.17, 15) is 4.79 Å². The smallest absolute Gasteiger partial charge is 0.249 e. The highest BCUT2D eigenvalue weighted by Gasteiger charge is 2.30. The van der Waals surface area contributed by atoms with Gasteiger partial charge in [-0.2, -0.15) is 5.10 Å². The highest BCUT2D eigenvalue weighted by molar-refractivity contribution is 5.78. The van der Waals surface area contributed by atoms with Gasteiger partial charge in [-0.1, -0.05) is 0 Å². The van der Waals surface area contributed by atoms with Crippen LogP contribution in [0, 0.1) is 0 Å². The third-order valence-electron chi connectivity index (χ3n) is 2.99. The van der Waals surface area contributed by atoms with Crippen LogP contribution in [0.5, 0.6) is 0 Å². The van der Waals surface area contributed by atoms with Crippen molar-refractivity contribution in [3.8, 4) is 0 Å². The molecular weight excluding hydrogens is 218 g/mol. The van der Waals surface area contributed by atoms with Gasteiger partial charge in [-0.05, 0) is 32.8 Å². The number of H-pyrrole nitrogens is 1. The second kappa shape index (κ2) is 5.31. The summed E-state index contributed by atoms with van der Waals surface area (Å²) >= 11 is 0. The summed E-state index contributed by atoms with van der Waals surface area (Å²) in [5, 5.41) is 6.88. The summed E-state index contributed by atoms with van der Waals surface area (Å²) in [6.07, 6.45) is 3.85. The fourth-order valence-electron chi connectivity index (χ4n) is 2.16. The Labute approximate surface area is 101 Å². The zero-order valence-corrected chi connectivity index (χ0v) is 10.3. The van der Waals surface area contributed by atoms with E-state index in [4.69, 9.17) is 4.74 Å². The molecular formula is C12H19N3O2. The number of rotatable bonds is 4. The van der Waals surface area contributed by atoms with Crippen LogP contribution in [0.2, 0.25) is 0 Å². The molecule has 0 aliphatic carbocycles. The molecule has 1 atom stereocenters. The Morgan fingerprint density at radius 3 is 3.18 bits per heavy atom. The molecule has 1 aliphatic heterocycles. The zero-order chi connectivity index (χ0) is 12.3. The van der Waals surface area contributed by atoms with Gasteiger partial charge in [0.1, 0.15) is 6.61 Å². The van der Waals surface area contributed by atoms with Crippen molar-refractivity contribution in [3.63, 3.8) is 0 Å². The van der Waals surface area contributed by atoms with Crippen LogP contribution in [-0.4, -0.2) is 40.3 Å². The van der Waals surface area contributed by atoms with Gasteiger partial charge < -0.3 is 9.64 Å². The Balaban J connectivity index is 1.97. The molecule has 2 rings (SSSR count). The lowest BCUT2D eigenvalue weighted by molar-refractivity contribution is -0.138. The van der Waals surface area contributed by atoms with Crippen LogP contribution in [0.1, 0.15) is 38.4 Å². The van der Waals surface area contributed by atoms with Crippen molar-refractivity contribution >= 4 is 5.91 Å². The minimum absolute atomic E-state index is 0.0656. The van der Waals surface area contributed by atoms with Crippen LogP contribution in [0.15, 0.2) is 12.3 Å². The molecule has 0 unspecified atom stereocenters. The zero-order valence-electron chi connectivity index (χ0n) is 10.3. The standard InChI is InChI=1S/C12H19N3O2/c1-9(2)17-8-12(16)15-7-3-4-11(15)10-5-6-13-14-10/h5-6,9,11H,3-4,7-8H2,1-2H3,(H,13,14)/t11-/m0/s1. The summed E-state index contributed by atoms with van der Waals surface area (Å²) in [5.41, 5.74) is 1.01. The summed E-state index contributed by atoms with van der Waals surface area (Å²) in [6, 6.07) is 2.07. The normalized spacial score (nSPS) is 20.2. The van der Waals surface area contributed by atoms with E-state index in [-0.39, 0.29) is 24.7 Å². The van der Waals surface area contributed by atoms with Crippen LogP contribution < -0.4 is 0 Å². The molecule has 0 spiro atoms. The lowest BCUT2D eigenvalue weighted by Crippen LogP contribution is -2.34. The third-order valence-corrected chi connectivity index (χ3v) is 2.99. The topological polar surface area (TPSA) is 58.2 Å². The number of hydrogen-bond donors (Lipinski definition) is 1. The van der Waals surface area contributed by atoms with E-state index in [0.717, 1.165) is 25.1 Å². The molecule has 1 aliphatic rings. The molecule has 1 saturated heterocycles. The molecule has 1 aromatic rings. The molecule has 0 radical (unpaired) electrons. The monoisotopic (exact) mass is 237 g/mol. The van der Waals surface area contributed by atoms with Crippen molar-refractivity contribution < 1.29 is 9.53 Å². The van der Waals surface area contributed by atoms with Gasteiger partial charge in [0.15, 0.2) is 0 Å². The van der Waals surface area contributed by atoms with Crippen LogP contribution in [-0.2, 0) is 9.53 Å². The first-order chi connectivity index (χ1) is 8.18. The molecule has 0 saturated carbocycles. The molecule has 2 heterocycles. The van der Waals surface area contributed by atoms with Crippen LogP contribution >= 0.6 is 0 Å². The van der Waals surface area contributed by atoms with Gasteiger partial charge in [-0.15, -0.1) is 0 Å². The van der Waals surface area contributed by atoms with E-state index in [0.29, 0.717) is 0 Å². The summed E-state index contributed by atoms with van der Waals surface area (Å²) < 4.78 is 5.36. The summed E-state index contributed by atoms with van der Waals surface area (Å²) in [7, 11) is 0. The van der Waals surface area contributed by atoms with E-state index >= 15 is 0 Å². The number of aromatic nitrogens is 2. The Kier molecular flexibility index (Phi) is 3.78. The van der Waals surface area contributed by atoms with Crippen LogP contribution in [0.4, 0.5) is 0 Å². The molecule has 5 nitrogen and oxygen atoms in total. The second-order valence-electron chi connectivity index (χ2n) is 4.62. The molecule has 1 amide bonds. The Morgan fingerprint density at radius 2 is 2.53 bits per heavy atom. The number of carbonyl (C=O) groups is 1. The van der Waals surface area contributed by atoms with Crippen LogP contribution in [0.3, 0.4) is 0 Å². The SMILES string of the molecule is CC(C)OCC(=O)N1CCC[C@H]1c1ccn[nH]1. The fraction of sp³-hybridized carbons (Fsp3) is 0.667. The van der Waals surface area contributed by atoms with Crippen molar-refractivity contribution in [1.82, 2.24) is 15.1 Å². The summed E-state index contributed by atoms with van der Waals surface area (Å²) in [6.45, 7) is 4.85. The van der Waals surface area contributed by atoms with E-state index in [1.54, 1.807) is 6.20 Å². The molecule has 94 valence electrons. The number of hydrogen-bond acceptors (Lipinski definition) is 3. The Hall–Kier alpha value is -1.36. The number of ether oxygens (including phenoxy) is 1. The maximum atomic E-state index is 12.0. The average Bonchev–Trinajstić information content (AvgIpc) is 2.94. The largest absolute Gasteiger partial charge is 0.369 e. The highest BCUT2D eigenvalue weighted by Crippen LogP contribution is 2.30. The van der Waals surface area contributed by atoms with E-state index in [1.807, 2.05) is 24.8 Å². The van der Waals surface area contributed by atoms with Gasteiger partial charge >= 0.3 is 0 Å². The number of nitrogens with one attached hydrogen (secondary N) is 1. The van der Waals surface area contributed by atoms with Gasteiger partial charge in [0.2, 0.25) is 5.91 Å². The third kappa shape index (κ3) is 2.85. The maximum absolute atomic E-state index is 12.0. The van der Waals surface area contributed by atoms with Gasteiger partial charge in [-0.25, -0.2) is 0 Å². The van der Waals surface area contributed by atoms with Crippen molar-refractivity contribution in [2.75, 3.05) is 13.2 Å². The highest BCUT2D eigenvalue weighted by atomic mass is 16.5. The number of nitrogens with zero attached hydrogens (tertiary/aromatic N) is 2. The van der Waals surface area contributed by atoms with E-state index in [2.05, 4.69) is 10.2 Å². The van der Waals surface area contributed by atoms with Crippen molar-refractivity contribution in [1.29, 1.82) is 0 Å². The molecule has 17 heavy (non-hydrogen) atoms. The summed E-state index contributed by atoms with van der Waals surface area (Å²) in [4.78, 5) is 13.9. The van der Waals surface area contributed by atoms with Gasteiger partial charge in [0.05, 0.1) is 17.8 Å². The quantitative estimate of drug-likeness (QED) is 0.863. The van der Waals surface area contributed by atoms with Crippen LogP contribution in [0.25, 0.3) is 0 Å². The Morgan fingerprint density at radius 1 is 1.71 bits per heavy atom. The van der Waals surface area contributed by atoms with Gasteiger partial charge in [-0.3, -0.25) is 9.89 Å². The van der Waals surface area contributed by atoms with Crippen molar-refractivity contribution in [3.05, 3.63) is 18.0 Å². The Bertz CT molecular complexity index is 362. The molecule has 1 aromatic heterocycles. The van der Waals surface area contributed by atoms with Gasteiger partial charge in [0.25, 0.3) is 0 Å². The maximum Gasteiger partial charge on any atom is 0.249 e. The van der Waals surface area contributed by atoms with Crippen molar-refractivity contribution in [2.45, 2.75) is 38.8 Å². The lowest BCUT2D eigenvalue weighted by atomic mass is 10.1. The molecule has 1 fully saturated rings. The fourth-order valence-corrected chi connectivity index (χ4v) is 2.16. The average molecular weight is 237 g/mol. The number of amides is 1. The first kappa shape index (κ1) is 12.1. The minimum atomic E-state index is 0.0656. The van der Waals surface area contributed by atoms with Crippen molar-refractivity contribution in [2.24, 2.45) is 0 Å². The second-order valence-corrected chi connectivity index (χ2v) is 4.62. The molecule has 0 aromatic carbocycles. The number of aromatic amines is 1. The summed E-state index contributed by atoms with van der Waals surface area (Å²) in [5.74, 6) is 0.0656. The molecule has 1 N–H and O–H groups in total. The molecule has 0 bridgehead atoms. The predicted molar refractivity (Wildman–Crippen MR) is 63.4 cm³/mol. The van der Waals surface area contributed by atoms with Gasteiger partial charge in [0, 0.05) is 12.7 Å². The number of likely N-dealkylation sites (tertiary alicyclic amines) is 1. The predicted octanol–water partition coefficient (Wildman–Crippen LogP) is 1.50. The van der Waals surface area contributed by atoms with E-state index < -0.39 is 0 Å². The minimum Gasteiger partial charge on any atom is -0.369 e. The first-order valence-corrected chi connectivity index (χ1v) is 6.09. The van der Waals surface area contributed by atoms with E-state index in [1.165, 1.54) is 0 Å². The lowest BCUT2D eigenvalue weighted by Gasteiger charge is -2.24. The first-order valence-electron chi connectivity index (χ1n) is 6.09.